The first-order valence-electron chi connectivity index (χ1n) is 6.03. The molecule has 0 amide bonds. The Labute approximate surface area is 118 Å². The highest BCUT2D eigenvalue weighted by molar-refractivity contribution is 6.33. The van der Waals surface area contributed by atoms with Gasteiger partial charge in [-0.15, -0.1) is 0 Å². The van der Waals surface area contributed by atoms with Crippen LogP contribution in [0.25, 0.3) is 10.9 Å². The minimum atomic E-state index is 0.390. The number of anilines is 1. The molecule has 0 aliphatic carbocycles. The van der Waals surface area contributed by atoms with Gasteiger partial charge in [0, 0.05) is 42.8 Å². The van der Waals surface area contributed by atoms with Crippen LogP contribution in [0, 0.1) is 6.92 Å². The van der Waals surface area contributed by atoms with Crippen LogP contribution in [0.15, 0.2) is 12.1 Å². The van der Waals surface area contributed by atoms with Crippen molar-refractivity contribution in [1.29, 1.82) is 0 Å². The highest BCUT2D eigenvalue weighted by atomic mass is 35.5. The maximum Gasteiger partial charge on any atom is 0.146 e. The molecule has 1 heterocycles. The summed E-state index contributed by atoms with van der Waals surface area (Å²) >= 11 is 6.27. The predicted molar refractivity (Wildman–Crippen MR) is 80.3 cm³/mol. The highest BCUT2D eigenvalue weighted by Crippen LogP contribution is 2.37. The van der Waals surface area contributed by atoms with Crippen molar-refractivity contribution in [2.75, 3.05) is 26.1 Å². The number of hydrogen-bond donors (Lipinski definition) is 1. The van der Waals surface area contributed by atoms with Gasteiger partial charge in [0.05, 0.1) is 12.8 Å². The standard InChI is InChI=1S/C14H18ClN3O/c1-8-10(15)6-12(19-4)14-13(8)11(18(2)3)5-9(7-16)17-14/h5-6H,7,16H2,1-4H3. The third kappa shape index (κ3) is 2.33. The van der Waals surface area contributed by atoms with E-state index in [2.05, 4.69) is 4.98 Å². The molecule has 0 saturated heterocycles. The number of rotatable bonds is 3. The van der Waals surface area contributed by atoms with Crippen molar-refractivity contribution in [2.45, 2.75) is 13.5 Å². The summed E-state index contributed by atoms with van der Waals surface area (Å²) in [6.45, 7) is 2.38. The molecule has 5 heteroatoms. The van der Waals surface area contributed by atoms with Crippen molar-refractivity contribution in [3.8, 4) is 5.75 Å². The maximum absolute atomic E-state index is 6.27. The Kier molecular flexibility index (Phi) is 3.83. The largest absolute Gasteiger partial charge is 0.494 e. The Balaban J connectivity index is 2.95. The number of ether oxygens (including phenoxy) is 1. The molecule has 0 bridgehead atoms. The fourth-order valence-corrected chi connectivity index (χ4v) is 2.35. The first-order chi connectivity index (χ1) is 8.99. The summed E-state index contributed by atoms with van der Waals surface area (Å²) in [5.74, 6) is 0.670. The lowest BCUT2D eigenvalue weighted by Gasteiger charge is -2.20. The van der Waals surface area contributed by atoms with Gasteiger partial charge in [-0.25, -0.2) is 4.98 Å². The molecular formula is C14H18ClN3O. The van der Waals surface area contributed by atoms with Crippen molar-refractivity contribution in [3.05, 3.63) is 28.4 Å². The Morgan fingerprint density at radius 3 is 2.58 bits per heavy atom. The summed E-state index contributed by atoms with van der Waals surface area (Å²) in [7, 11) is 5.59. The number of aryl methyl sites for hydroxylation is 1. The zero-order valence-electron chi connectivity index (χ0n) is 11.6. The molecule has 19 heavy (non-hydrogen) atoms. The van der Waals surface area contributed by atoms with Gasteiger partial charge in [0.1, 0.15) is 11.3 Å². The molecule has 0 unspecified atom stereocenters. The van der Waals surface area contributed by atoms with Crippen molar-refractivity contribution in [3.63, 3.8) is 0 Å². The smallest absolute Gasteiger partial charge is 0.146 e. The van der Waals surface area contributed by atoms with Crippen LogP contribution < -0.4 is 15.4 Å². The Bertz CT molecular complexity index is 626. The first kappa shape index (κ1) is 13.9. The summed E-state index contributed by atoms with van der Waals surface area (Å²) in [6, 6.07) is 3.79. The molecule has 1 aromatic heterocycles. The minimum Gasteiger partial charge on any atom is -0.494 e. The molecule has 0 fully saturated rings. The summed E-state index contributed by atoms with van der Waals surface area (Å²) < 4.78 is 5.39. The molecule has 4 nitrogen and oxygen atoms in total. The van der Waals surface area contributed by atoms with Gasteiger partial charge < -0.3 is 15.4 Å². The predicted octanol–water partition coefficient (Wildman–Crippen LogP) is 2.73. The van der Waals surface area contributed by atoms with Crippen LogP contribution in [0.4, 0.5) is 5.69 Å². The second kappa shape index (κ2) is 5.23. The average Bonchev–Trinajstić information content (AvgIpc) is 2.41. The number of nitrogens with zero attached hydrogens (tertiary/aromatic N) is 2. The zero-order valence-corrected chi connectivity index (χ0v) is 12.4. The van der Waals surface area contributed by atoms with Gasteiger partial charge in [0.15, 0.2) is 0 Å². The van der Waals surface area contributed by atoms with E-state index >= 15 is 0 Å². The Hall–Kier alpha value is -1.52. The number of halogens is 1. The van der Waals surface area contributed by atoms with Gasteiger partial charge in [-0.2, -0.15) is 0 Å². The lowest BCUT2D eigenvalue weighted by atomic mass is 10.1. The third-order valence-electron chi connectivity index (χ3n) is 3.19. The second-order valence-electron chi connectivity index (χ2n) is 4.64. The number of nitrogens with two attached hydrogens (primary N) is 1. The molecule has 0 atom stereocenters. The van der Waals surface area contributed by atoms with E-state index in [-0.39, 0.29) is 0 Å². The second-order valence-corrected chi connectivity index (χ2v) is 5.05. The number of benzene rings is 1. The van der Waals surface area contributed by atoms with E-state index in [1.54, 1.807) is 13.2 Å². The van der Waals surface area contributed by atoms with E-state index < -0.39 is 0 Å². The van der Waals surface area contributed by atoms with Crippen molar-refractivity contribution in [1.82, 2.24) is 4.98 Å². The number of hydrogen-bond acceptors (Lipinski definition) is 4. The minimum absolute atomic E-state index is 0.390. The molecule has 0 radical (unpaired) electrons. The van der Waals surface area contributed by atoms with Crippen LogP contribution in [-0.2, 0) is 6.54 Å². The van der Waals surface area contributed by atoms with E-state index in [0.29, 0.717) is 17.3 Å². The zero-order chi connectivity index (χ0) is 14.2. The third-order valence-corrected chi connectivity index (χ3v) is 3.58. The van der Waals surface area contributed by atoms with Crippen LogP contribution in [0.1, 0.15) is 11.3 Å². The maximum atomic E-state index is 6.27. The fraction of sp³-hybridized carbons (Fsp3) is 0.357. The lowest BCUT2D eigenvalue weighted by molar-refractivity contribution is 0.419. The fourth-order valence-electron chi connectivity index (χ4n) is 2.16. The molecule has 0 spiro atoms. The molecule has 0 saturated carbocycles. The van der Waals surface area contributed by atoms with Crippen molar-refractivity contribution < 1.29 is 4.74 Å². The van der Waals surface area contributed by atoms with Crippen molar-refractivity contribution in [2.24, 2.45) is 5.73 Å². The van der Waals surface area contributed by atoms with E-state index in [9.17, 15) is 0 Å². The van der Waals surface area contributed by atoms with Crippen LogP contribution in [0.2, 0.25) is 5.02 Å². The summed E-state index contributed by atoms with van der Waals surface area (Å²) in [6.07, 6.45) is 0. The van der Waals surface area contributed by atoms with E-state index in [4.69, 9.17) is 22.1 Å². The molecule has 2 rings (SSSR count). The summed E-state index contributed by atoms with van der Waals surface area (Å²) in [5.41, 5.74) is 9.40. The molecule has 2 aromatic rings. The topological polar surface area (TPSA) is 51.4 Å². The van der Waals surface area contributed by atoms with E-state index in [1.807, 2.05) is 32.0 Å². The first-order valence-corrected chi connectivity index (χ1v) is 6.41. The van der Waals surface area contributed by atoms with Gasteiger partial charge in [0.2, 0.25) is 0 Å². The normalized spacial score (nSPS) is 10.8. The van der Waals surface area contributed by atoms with Crippen molar-refractivity contribution >= 4 is 28.2 Å². The van der Waals surface area contributed by atoms with Crippen LogP contribution in [-0.4, -0.2) is 26.2 Å². The van der Waals surface area contributed by atoms with Gasteiger partial charge in [-0.05, 0) is 18.6 Å². The Morgan fingerprint density at radius 2 is 2.05 bits per heavy atom. The summed E-state index contributed by atoms with van der Waals surface area (Å²) in [4.78, 5) is 6.61. The monoisotopic (exact) mass is 279 g/mol. The molecule has 102 valence electrons. The van der Waals surface area contributed by atoms with Gasteiger partial charge in [0.25, 0.3) is 0 Å². The van der Waals surface area contributed by atoms with Crippen LogP contribution in [0.5, 0.6) is 5.75 Å². The number of pyridine rings is 1. The number of methoxy groups -OCH3 is 1. The number of aromatic nitrogens is 1. The molecular weight excluding hydrogens is 262 g/mol. The van der Waals surface area contributed by atoms with E-state index in [0.717, 1.165) is 27.8 Å². The van der Waals surface area contributed by atoms with Gasteiger partial charge in [-0.3, -0.25) is 0 Å². The van der Waals surface area contributed by atoms with E-state index in [1.165, 1.54) is 0 Å². The van der Waals surface area contributed by atoms with Crippen LogP contribution >= 0.6 is 11.6 Å². The molecule has 1 aromatic carbocycles. The Morgan fingerprint density at radius 1 is 1.37 bits per heavy atom. The molecule has 2 N–H and O–H groups in total. The molecule has 0 aliphatic rings. The van der Waals surface area contributed by atoms with Gasteiger partial charge >= 0.3 is 0 Å². The van der Waals surface area contributed by atoms with Gasteiger partial charge in [-0.1, -0.05) is 11.6 Å². The lowest BCUT2D eigenvalue weighted by Crippen LogP contribution is -2.12. The number of fused-ring (bicyclic) bond motifs is 1. The average molecular weight is 280 g/mol. The molecule has 0 aliphatic heterocycles. The van der Waals surface area contributed by atoms with Crippen LogP contribution in [0.3, 0.4) is 0 Å². The quantitative estimate of drug-likeness (QED) is 0.939. The highest BCUT2D eigenvalue weighted by Gasteiger charge is 2.16. The SMILES string of the molecule is COc1cc(Cl)c(C)c2c(N(C)C)cc(CN)nc12. The summed E-state index contributed by atoms with van der Waals surface area (Å²) in [5, 5.41) is 1.68.